The molecular formula is C19H19ClO4. The summed E-state index contributed by atoms with van der Waals surface area (Å²) in [7, 11) is 0. The Bertz CT molecular complexity index is 701. The lowest BCUT2D eigenvalue weighted by Crippen LogP contribution is -2.37. The van der Waals surface area contributed by atoms with E-state index in [1.165, 1.54) is 0 Å². The molecular weight excluding hydrogens is 328 g/mol. The van der Waals surface area contributed by atoms with Crippen LogP contribution in [0, 0.1) is 5.92 Å². The van der Waals surface area contributed by atoms with Gasteiger partial charge in [-0.2, -0.15) is 0 Å². The van der Waals surface area contributed by atoms with E-state index in [2.05, 4.69) is 0 Å². The van der Waals surface area contributed by atoms with Gasteiger partial charge in [0.1, 0.15) is 11.6 Å². The van der Waals surface area contributed by atoms with Gasteiger partial charge in [0.2, 0.25) is 0 Å². The first-order valence-electron chi connectivity index (χ1n) is 8.25. The molecule has 0 aromatic heterocycles. The van der Waals surface area contributed by atoms with Gasteiger partial charge in [0.25, 0.3) is 0 Å². The van der Waals surface area contributed by atoms with Crippen LogP contribution in [0.3, 0.4) is 0 Å². The van der Waals surface area contributed by atoms with Gasteiger partial charge in [-0.25, -0.2) is 0 Å². The highest BCUT2D eigenvalue weighted by atomic mass is 35.5. The number of Topliss-reactive ketones (excluding diaryl/α,β-unsaturated/α-hetero) is 3. The first kappa shape index (κ1) is 16.9. The molecule has 0 saturated heterocycles. The van der Waals surface area contributed by atoms with E-state index in [1.54, 1.807) is 24.3 Å². The Labute approximate surface area is 145 Å². The summed E-state index contributed by atoms with van der Waals surface area (Å²) in [5.74, 6) is -2.06. The van der Waals surface area contributed by atoms with Crippen LogP contribution >= 0.6 is 11.6 Å². The van der Waals surface area contributed by atoms with Crippen LogP contribution in [0.15, 0.2) is 35.6 Å². The standard InChI is InChI=1S/C19H19ClO4/c20-12-9-7-11(8-10-12)17(18-13(21)3-1-4-14(18)22)19-15(23)5-2-6-16(19)24/h7-10,17-18,23H,1-6H2/t17-/m0/s1. The number of aliphatic hydroxyl groups excluding tert-OH is 1. The topological polar surface area (TPSA) is 71.4 Å². The molecule has 5 heteroatoms. The minimum absolute atomic E-state index is 0.0115. The lowest BCUT2D eigenvalue weighted by molar-refractivity contribution is -0.136. The fraction of sp³-hybridized carbons (Fsp3) is 0.421. The van der Waals surface area contributed by atoms with Gasteiger partial charge in [-0.15, -0.1) is 0 Å². The molecule has 1 atom stereocenters. The van der Waals surface area contributed by atoms with Gasteiger partial charge >= 0.3 is 0 Å². The van der Waals surface area contributed by atoms with Crippen LogP contribution in [0.4, 0.5) is 0 Å². The molecule has 2 aliphatic carbocycles. The Morgan fingerprint density at radius 3 is 2.08 bits per heavy atom. The minimum Gasteiger partial charge on any atom is -0.512 e. The highest BCUT2D eigenvalue weighted by Crippen LogP contribution is 2.41. The average Bonchev–Trinajstić information content (AvgIpc) is 2.54. The predicted octanol–water partition coefficient (Wildman–Crippen LogP) is 3.93. The Hall–Kier alpha value is -1.94. The van der Waals surface area contributed by atoms with Crippen molar-refractivity contribution >= 4 is 29.0 Å². The van der Waals surface area contributed by atoms with Gasteiger partial charge in [0.15, 0.2) is 5.78 Å². The third kappa shape index (κ3) is 3.16. The second-order valence-corrected chi connectivity index (χ2v) is 6.87. The molecule has 24 heavy (non-hydrogen) atoms. The van der Waals surface area contributed by atoms with E-state index in [0.717, 1.165) is 0 Å². The summed E-state index contributed by atoms with van der Waals surface area (Å²) in [4.78, 5) is 37.4. The molecule has 1 saturated carbocycles. The summed E-state index contributed by atoms with van der Waals surface area (Å²) >= 11 is 5.94. The molecule has 4 nitrogen and oxygen atoms in total. The van der Waals surface area contributed by atoms with Crippen molar-refractivity contribution in [3.8, 4) is 0 Å². The van der Waals surface area contributed by atoms with Gasteiger partial charge in [-0.3, -0.25) is 14.4 Å². The highest BCUT2D eigenvalue weighted by molar-refractivity contribution is 6.30. The number of carbonyl (C=O) groups excluding carboxylic acids is 3. The van der Waals surface area contributed by atoms with Crippen LogP contribution in [0.1, 0.15) is 50.0 Å². The molecule has 0 aliphatic heterocycles. The molecule has 1 fully saturated rings. The van der Waals surface area contributed by atoms with E-state index in [0.29, 0.717) is 49.1 Å². The van der Waals surface area contributed by atoms with E-state index in [4.69, 9.17) is 11.6 Å². The number of aliphatic hydroxyl groups is 1. The summed E-state index contributed by atoms with van der Waals surface area (Å²) in [5, 5.41) is 10.9. The van der Waals surface area contributed by atoms with Crippen LogP contribution in [0.25, 0.3) is 0 Å². The first-order valence-corrected chi connectivity index (χ1v) is 8.63. The maximum absolute atomic E-state index is 12.5. The van der Waals surface area contributed by atoms with Crippen LogP contribution in [-0.2, 0) is 14.4 Å². The summed E-state index contributed by atoms with van der Waals surface area (Å²) in [6.45, 7) is 0. The van der Waals surface area contributed by atoms with Crippen molar-refractivity contribution in [1.29, 1.82) is 0 Å². The van der Waals surface area contributed by atoms with Crippen molar-refractivity contribution in [1.82, 2.24) is 0 Å². The van der Waals surface area contributed by atoms with Crippen molar-refractivity contribution in [2.75, 3.05) is 0 Å². The van der Waals surface area contributed by atoms with Crippen molar-refractivity contribution in [3.63, 3.8) is 0 Å². The van der Waals surface area contributed by atoms with Gasteiger partial charge in [-0.1, -0.05) is 23.7 Å². The molecule has 2 aliphatic rings. The summed E-state index contributed by atoms with van der Waals surface area (Å²) in [6.07, 6.45) is 2.55. The number of allylic oxidation sites excluding steroid dienone is 2. The van der Waals surface area contributed by atoms with Gasteiger partial charge in [-0.05, 0) is 30.5 Å². The molecule has 3 rings (SSSR count). The second kappa shape index (κ2) is 6.89. The molecule has 0 radical (unpaired) electrons. The van der Waals surface area contributed by atoms with Gasteiger partial charge in [0.05, 0.1) is 11.7 Å². The van der Waals surface area contributed by atoms with Crippen LogP contribution in [0.5, 0.6) is 0 Å². The maximum atomic E-state index is 12.5. The summed E-state index contributed by atoms with van der Waals surface area (Å²) in [5.41, 5.74) is 0.905. The summed E-state index contributed by atoms with van der Waals surface area (Å²) in [6, 6.07) is 6.80. The third-order valence-corrected chi connectivity index (χ3v) is 5.09. The van der Waals surface area contributed by atoms with E-state index >= 15 is 0 Å². The maximum Gasteiger partial charge on any atom is 0.162 e. The molecule has 0 unspecified atom stereocenters. The number of rotatable bonds is 3. The Kier molecular flexibility index (Phi) is 4.86. The van der Waals surface area contributed by atoms with Gasteiger partial charge < -0.3 is 5.11 Å². The van der Waals surface area contributed by atoms with Crippen molar-refractivity contribution in [3.05, 3.63) is 46.2 Å². The number of carbonyl (C=O) groups is 3. The van der Waals surface area contributed by atoms with E-state index in [-0.39, 0.29) is 28.7 Å². The lowest BCUT2D eigenvalue weighted by Gasteiger charge is -2.31. The number of hydrogen-bond acceptors (Lipinski definition) is 4. The minimum atomic E-state index is -0.890. The first-order chi connectivity index (χ1) is 11.5. The Morgan fingerprint density at radius 1 is 0.917 bits per heavy atom. The Morgan fingerprint density at radius 2 is 1.50 bits per heavy atom. The number of ketones is 3. The van der Waals surface area contributed by atoms with E-state index in [1.807, 2.05) is 0 Å². The van der Waals surface area contributed by atoms with Crippen LogP contribution < -0.4 is 0 Å². The largest absolute Gasteiger partial charge is 0.512 e. The normalized spacial score (nSPS) is 21.3. The number of halogens is 1. The monoisotopic (exact) mass is 346 g/mol. The smallest absolute Gasteiger partial charge is 0.162 e. The second-order valence-electron chi connectivity index (χ2n) is 6.43. The fourth-order valence-corrected chi connectivity index (χ4v) is 3.82. The average molecular weight is 347 g/mol. The zero-order valence-corrected chi connectivity index (χ0v) is 14.0. The van der Waals surface area contributed by atoms with Crippen molar-refractivity contribution in [2.45, 2.75) is 44.4 Å². The predicted molar refractivity (Wildman–Crippen MR) is 90.1 cm³/mol. The quantitative estimate of drug-likeness (QED) is 0.842. The number of hydrogen-bond donors (Lipinski definition) is 1. The molecule has 1 aromatic rings. The Balaban J connectivity index is 2.13. The van der Waals surface area contributed by atoms with E-state index < -0.39 is 11.8 Å². The molecule has 0 amide bonds. The van der Waals surface area contributed by atoms with Crippen LogP contribution in [-0.4, -0.2) is 22.5 Å². The molecule has 0 bridgehead atoms. The zero-order chi connectivity index (χ0) is 17.3. The number of benzene rings is 1. The van der Waals surface area contributed by atoms with Gasteiger partial charge in [0, 0.05) is 42.2 Å². The molecule has 126 valence electrons. The van der Waals surface area contributed by atoms with Crippen molar-refractivity contribution in [2.24, 2.45) is 5.92 Å². The molecule has 1 aromatic carbocycles. The van der Waals surface area contributed by atoms with Crippen molar-refractivity contribution < 1.29 is 19.5 Å². The van der Waals surface area contributed by atoms with Crippen LogP contribution in [0.2, 0.25) is 5.02 Å². The molecule has 0 spiro atoms. The SMILES string of the molecule is O=C1CCCC(O)=C1[C@@H](c1ccc(Cl)cc1)C1C(=O)CCCC1=O. The zero-order valence-electron chi connectivity index (χ0n) is 13.3. The lowest BCUT2D eigenvalue weighted by atomic mass is 9.69. The molecule has 1 N–H and O–H groups in total. The van der Waals surface area contributed by atoms with E-state index in [9.17, 15) is 19.5 Å². The highest BCUT2D eigenvalue weighted by Gasteiger charge is 2.42. The fourth-order valence-electron chi connectivity index (χ4n) is 3.69. The summed E-state index contributed by atoms with van der Waals surface area (Å²) < 4.78 is 0. The third-order valence-electron chi connectivity index (χ3n) is 4.84. The molecule has 0 heterocycles.